The van der Waals surface area contributed by atoms with Gasteiger partial charge < -0.3 is 38.2 Å². The van der Waals surface area contributed by atoms with E-state index in [1.54, 1.807) is 42.7 Å². The number of rotatable bonds is 16. The van der Waals surface area contributed by atoms with Crippen LogP contribution in [-0.4, -0.2) is 102 Å². The van der Waals surface area contributed by atoms with E-state index >= 15 is 0 Å². The molecular weight excluding hydrogens is 608 g/mol. The maximum Gasteiger partial charge on any atom is 0.203 e. The molecule has 1 saturated heterocycles. The molecule has 0 N–H and O–H groups in total. The number of hydrogen-bond acceptors (Lipinski definition) is 10. The van der Waals surface area contributed by atoms with Gasteiger partial charge in [-0.15, -0.1) is 0 Å². The van der Waals surface area contributed by atoms with Gasteiger partial charge in [-0.25, -0.2) is 0 Å². The van der Waals surface area contributed by atoms with Gasteiger partial charge in [0, 0.05) is 49.7 Å². The Morgan fingerprint density at radius 3 is 1.17 bits per heavy atom. The van der Waals surface area contributed by atoms with E-state index in [9.17, 15) is 0 Å². The highest BCUT2D eigenvalue weighted by atomic mass is 16.5. The van der Waals surface area contributed by atoms with Crippen LogP contribution in [0.25, 0.3) is 22.5 Å². The van der Waals surface area contributed by atoms with Gasteiger partial charge in [-0.05, 0) is 98.4 Å². The van der Waals surface area contributed by atoms with Crippen LogP contribution in [0.1, 0.15) is 24.0 Å². The molecule has 0 spiro atoms. The number of benzene rings is 2. The molecule has 0 radical (unpaired) electrons. The van der Waals surface area contributed by atoms with E-state index in [-0.39, 0.29) is 0 Å². The largest absolute Gasteiger partial charge is 0.493 e. The van der Waals surface area contributed by atoms with Crippen LogP contribution in [0.15, 0.2) is 60.9 Å². The third kappa shape index (κ3) is 8.48. The zero-order valence-electron chi connectivity index (χ0n) is 29.1. The first-order chi connectivity index (χ1) is 23.5. The van der Waals surface area contributed by atoms with Gasteiger partial charge in [0.25, 0.3) is 0 Å². The molecular formula is C38H48N4O6. The van der Waals surface area contributed by atoms with Crippen molar-refractivity contribution in [3.8, 4) is 57.0 Å². The van der Waals surface area contributed by atoms with Crippen molar-refractivity contribution in [2.24, 2.45) is 0 Å². The van der Waals surface area contributed by atoms with Crippen molar-refractivity contribution in [3.63, 3.8) is 0 Å². The number of hydrogen-bond donors (Lipinski definition) is 0. The zero-order valence-corrected chi connectivity index (χ0v) is 29.1. The number of aryl methyl sites for hydroxylation is 2. The Morgan fingerprint density at radius 1 is 0.500 bits per heavy atom. The minimum Gasteiger partial charge on any atom is -0.493 e. The summed E-state index contributed by atoms with van der Waals surface area (Å²) in [4.78, 5) is 14.4. The second-order valence-electron chi connectivity index (χ2n) is 11.8. The minimum atomic E-state index is 0.580. The Kier molecular flexibility index (Phi) is 12.3. The van der Waals surface area contributed by atoms with E-state index in [0.29, 0.717) is 34.5 Å². The molecule has 1 aliphatic heterocycles. The van der Waals surface area contributed by atoms with Crippen LogP contribution in [0, 0.1) is 0 Å². The quantitative estimate of drug-likeness (QED) is 0.142. The van der Waals surface area contributed by atoms with E-state index in [2.05, 4.69) is 44.0 Å². The van der Waals surface area contributed by atoms with Crippen molar-refractivity contribution >= 4 is 0 Å². The number of aromatic nitrogens is 2. The molecule has 0 saturated carbocycles. The number of pyridine rings is 2. The first-order valence-electron chi connectivity index (χ1n) is 16.5. The van der Waals surface area contributed by atoms with Gasteiger partial charge in [-0.1, -0.05) is 0 Å². The molecule has 0 bridgehead atoms. The molecule has 1 fully saturated rings. The second-order valence-corrected chi connectivity index (χ2v) is 11.8. The molecule has 2 aromatic heterocycles. The minimum absolute atomic E-state index is 0.580. The maximum atomic E-state index is 5.54. The summed E-state index contributed by atoms with van der Waals surface area (Å²) in [5.41, 5.74) is 6.21. The Balaban J connectivity index is 1.07. The molecule has 48 heavy (non-hydrogen) atoms. The SMILES string of the molecule is COc1cc(-c2cc(CCCN3CCN(CCCc4ccnc(-c5cc(OC)c(OC)c(OC)c5)c4)CC3)ccn2)cc(OC)c1OC. The summed E-state index contributed by atoms with van der Waals surface area (Å²) in [6, 6.07) is 16.3. The lowest BCUT2D eigenvalue weighted by molar-refractivity contribution is 0.130. The topological polar surface area (TPSA) is 87.6 Å². The van der Waals surface area contributed by atoms with Gasteiger partial charge in [0.1, 0.15) is 0 Å². The summed E-state index contributed by atoms with van der Waals surface area (Å²) in [7, 11) is 9.73. The summed E-state index contributed by atoms with van der Waals surface area (Å²) in [6.45, 7) is 6.61. The standard InChI is InChI=1S/C38H48N4O6/c1-43-33-23-29(24-34(44-2)37(33)47-5)31-21-27(11-13-39-31)9-7-15-41-17-19-42(20-18-41)16-8-10-28-12-14-40-32(22-28)30-25-35(45-3)38(48-6)36(26-30)46-4/h11-14,21-26H,7-10,15-20H2,1-6H3. The lowest BCUT2D eigenvalue weighted by Crippen LogP contribution is -2.46. The fraction of sp³-hybridized carbons (Fsp3) is 0.421. The van der Waals surface area contributed by atoms with E-state index in [1.807, 2.05) is 36.7 Å². The molecule has 4 aromatic rings. The fourth-order valence-electron chi connectivity index (χ4n) is 6.28. The average molecular weight is 657 g/mol. The van der Waals surface area contributed by atoms with Crippen molar-refractivity contribution in [1.29, 1.82) is 0 Å². The lowest BCUT2D eigenvalue weighted by Gasteiger charge is -2.34. The van der Waals surface area contributed by atoms with Crippen molar-refractivity contribution in [2.75, 3.05) is 81.9 Å². The van der Waals surface area contributed by atoms with E-state index in [4.69, 9.17) is 28.4 Å². The van der Waals surface area contributed by atoms with Gasteiger partial charge in [0.15, 0.2) is 23.0 Å². The molecule has 3 heterocycles. The Hall–Kier alpha value is -4.54. The second kappa shape index (κ2) is 17.0. The van der Waals surface area contributed by atoms with E-state index in [0.717, 1.165) is 87.5 Å². The van der Waals surface area contributed by atoms with Gasteiger partial charge in [0.2, 0.25) is 11.5 Å². The van der Waals surface area contributed by atoms with Crippen LogP contribution >= 0.6 is 0 Å². The summed E-state index contributed by atoms with van der Waals surface area (Å²) in [6.07, 6.45) is 7.98. The molecule has 5 rings (SSSR count). The molecule has 10 heteroatoms. The summed E-state index contributed by atoms with van der Waals surface area (Å²) in [5, 5.41) is 0. The van der Waals surface area contributed by atoms with Crippen LogP contribution in [-0.2, 0) is 12.8 Å². The number of methoxy groups -OCH3 is 6. The normalized spacial score (nSPS) is 13.6. The van der Waals surface area contributed by atoms with Crippen LogP contribution in [0.5, 0.6) is 34.5 Å². The Morgan fingerprint density at radius 2 is 0.854 bits per heavy atom. The van der Waals surface area contributed by atoms with Crippen molar-refractivity contribution in [3.05, 3.63) is 72.1 Å². The van der Waals surface area contributed by atoms with Crippen LogP contribution in [0.2, 0.25) is 0 Å². The molecule has 0 atom stereocenters. The monoisotopic (exact) mass is 656 g/mol. The number of nitrogens with zero attached hydrogens (tertiary/aromatic N) is 4. The van der Waals surface area contributed by atoms with Crippen LogP contribution in [0.4, 0.5) is 0 Å². The third-order valence-electron chi connectivity index (χ3n) is 8.91. The van der Waals surface area contributed by atoms with Crippen molar-refractivity contribution in [2.45, 2.75) is 25.7 Å². The van der Waals surface area contributed by atoms with Gasteiger partial charge >= 0.3 is 0 Å². The van der Waals surface area contributed by atoms with Gasteiger partial charge in [-0.2, -0.15) is 0 Å². The molecule has 0 aliphatic carbocycles. The zero-order chi connectivity index (χ0) is 33.9. The Bertz CT molecular complexity index is 1470. The first-order valence-corrected chi connectivity index (χ1v) is 16.5. The number of piperazine rings is 1. The molecule has 1 aliphatic rings. The van der Waals surface area contributed by atoms with Crippen LogP contribution in [0.3, 0.4) is 0 Å². The summed E-state index contributed by atoms with van der Waals surface area (Å²) in [5.74, 6) is 3.65. The van der Waals surface area contributed by atoms with E-state index < -0.39 is 0 Å². The van der Waals surface area contributed by atoms with E-state index in [1.165, 1.54) is 11.1 Å². The van der Waals surface area contributed by atoms with Crippen molar-refractivity contribution in [1.82, 2.24) is 19.8 Å². The van der Waals surface area contributed by atoms with Crippen LogP contribution < -0.4 is 28.4 Å². The predicted octanol–water partition coefficient (Wildman–Crippen LogP) is 6.05. The lowest BCUT2D eigenvalue weighted by atomic mass is 10.0. The third-order valence-corrected chi connectivity index (χ3v) is 8.91. The average Bonchev–Trinajstić information content (AvgIpc) is 3.14. The molecule has 0 amide bonds. The highest BCUT2D eigenvalue weighted by molar-refractivity contribution is 5.70. The summed E-state index contributed by atoms with van der Waals surface area (Å²) < 4.78 is 33.1. The highest BCUT2D eigenvalue weighted by Gasteiger charge is 2.18. The Labute approximate surface area is 284 Å². The smallest absolute Gasteiger partial charge is 0.203 e. The molecule has 256 valence electrons. The predicted molar refractivity (Wildman–Crippen MR) is 188 cm³/mol. The maximum absolute atomic E-state index is 5.54. The molecule has 2 aromatic carbocycles. The first kappa shape index (κ1) is 34.8. The highest BCUT2D eigenvalue weighted by Crippen LogP contribution is 2.42. The molecule has 10 nitrogen and oxygen atoms in total. The number of ether oxygens (including phenoxy) is 6. The molecule has 0 unspecified atom stereocenters. The van der Waals surface area contributed by atoms with Crippen molar-refractivity contribution < 1.29 is 28.4 Å². The summed E-state index contributed by atoms with van der Waals surface area (Å²) >= 11 is 0. The fourth-order valence-corrected chi connectivity index (χ4v) is 6.28. The van der Waals surface area contributed by atoms with Gasteiger partial charge in [0.05, 0.1) is 54.0 Å². The van der Waals surface area contributed by atoms with Gasteiger partial charge in [-0.3, -0.25) is 9.97 Å².